The van der Waals surface area contributed by atoms with Crippen molar-refractivity contribution in [2.75, 3.05) is 18.1 Å². The number of hydrogen-bond acceptors (Lipinski definition) is 3. The molecular weight excluding hydrogens is 323 g/mol. The van der Waals surface area contributed by atoms with Gasteiger partial charge in [0.1, 0.15) is 0 Å². The first-order valence-corrected chi connectivity index (χ1v) is 6.95. The molecule has 1 fully saturated rings. The molecule has 0 spiro atoms. The van der Waals surface area contributed by atoms with Gasteiger partial charge < -0.3 is 9.64 Å². The molecule has 4 nitrogen and oxygen atoms in total. The van der Waals surface area contributed by atoms with E-state index in [9.17, 15) is 22.8 Å². The Balaban J connectivity index is 2.28. The molecule has 8 heteroatoms. The van der Waals surface area contributed by atoms with Crippen LogP contribution in [0, 0.1) is 5.92 Å². The van der Waals surface area contributed by atoms with Crippen LogP contribution in [-0.4, -0.2) is 25.0 Å². The average Bonchev–Trinajstić information content (AvgIpc) is 2.80. The highest BCUT2D eigenvalue weighted by Crippen LogP contribution is 2.37. The number of ether oxygens (including phenoxy) is 1. The van der Waals surface area contributed by atoms with Crippen molar-refractivity contribution in [2.24, 2.45) is 5.92 Å². The van der Waals surface area contributed by atoms with Crippen molar-refractivity contribution in [2.45, 2.75) is 19.5 Å². The molecule has 1 heterocycles. The van der Waals surface area contributed by atoms with Crippen molar-refractivity contribution in [1.82, 2.24) is 0 Å². The first kappa shape index (κ1) is 16.6. The summed E-state index contributed by atoms with van der Waals surface area (Å²) in [5.74, 6) is -1.70. The van der Waals surface area contributed by atoms with E-state index in [1.807, 2.05) is 0 Å². The standard InChI is InChI=1S/C14H13ClF3NO3/c1-2-22-13(21)8-5-12(20)19(7-8)11-6-9(14(16,17)18)3-4-10(11)15/h3-4,6,8H,2,5,7H2,1H3. The van der Waals surface area contributed by atoms with E-state index in [0.717, 1.165) is 23.1 Å². The number of alkyl halides is 3. The summed E-state index contributed by atoms with van der Waals surface area (Å²) in [7, 11) is 0. The second-order valence-electron chi connectivity index (χ2n) is 4.82. The van der Waals surface area contributed by atoms with Gasteiger partial charge in [0.2, 0.25) is 5.91 Å². The third-order valence-corrected chi connectivity index (χ3v) is 3.63. The molecule has 1 aliphatic heterocycles. The SMILES string of the molecule is CCOC(=O)C1CC(=O)N(c2cc(C(F)(F)F)ccc2Cl)C1. The molecule has 1 aromatic carbocycles. The number of hydrogen-bond donors (Lipinski definition) is 0. The van der Waals surface area contributed by atoms with Gasteiger partial charge in [-0.2, -0.15) is 13.2 Å². The fourth-order valence-corrected chi connectivity index (χ4v) is 2.47. The topological polar surface area (TPSA) is 46.6 Å². The number of carbonyl (C=O) groups excluding carboxylic acids is 2. The molecule has 1 atom stereocenters. The summed E-state index contributed by atoms with van der Waals surface area (Å²) in [4.78, 5) is 24.7. The Morgan fingerprint density at radius 3 is 2.73 bits per heavy atom. The van der Waals surface area contributed by atoms with Gasteiger partial charge in [-0.05, 0) is 25.1 Å². The number of halogens is 4. The fourth-order valence-electron chi connectivity index (χ4n) is 2.25. The molecule has 0 aliphatic carbocycles. The summed E-state index contributed by atoms with van der Waals surface area (Å²) in [6.45, 7) is 1.77. The summed E-state index contributed by atoms with van der Waals surface area (Å²) in [5, 5.41) is 0.0193. The molecule has 1 aliphatic rings. The van der Waals surface area contributed by atoms with E-state index in [-0.39, 0.29) is 30.3 Å². The molecule has 0 N–H and O–H groups in total. The minimum Gasteiger partial charge on any atom is -0.466 e. The Kier molecular flexibility index (Phi) is 4.65. The van der Waals surface area contributed by atoms with Crippen molar-refractivity contribution < 1.29 is 27.5 Å². The smallest absolute Gasteiger partial charge is 0.416 e. The lowest BCUT2D eigenvalue weighted by atomic mass is 10.1. The highest BCUT2D eigenvalue weighted by molar-refractivity contribution is 6.34. The molecule has 1 amide bonds. The van der Waals surface area contributed by atoms with E-state index in [0.29, 0.717) is 0 Å². The van der Waals surface area contributed by atoms with Gasteiger partial charge in [-0.1, -0.05) is 11.6 Å². The van der Waals surface area contributed by atoms with Gasteiger partial charge in [0.25, 0.3) is 0 Å². The lowest BCUT2D eigenvalue weighted by molar-refractivity contribution is -0.147. The first-order valence-electron chi connectivity index (χ1n) is 6.57. The number of benzene rings is 1. The quantitative estimate of drug-likeness (QED) is 0.796. The van der Waals surface area contributed by atoms with Crippen LogP contribution in [0.25, 0.3) is 0 Å². The van der Waals surface area contributed by atoms with Crippen molar-refractivity contribution in [3.05, 3.63) is 28.8 Å². The van der Waals surface area contributed by atoms with Crippen LogP contribution in [0.3, 0.4) is 0 Å². The van der Waals surface area contributed by atoms with E-state index in [1.54, 1.807) is 6.92 Å². The van der Waals surface area contributed by atoms with E-state index in [4.69, 9.17) is 16.3 Å². The number of rotatable bonds is 3. The van der Waals surface area contributed by atoms with Gasteiger partial charge in [-0.15, -0.1) is 0 Å². The van der Waals surface area contributed by atoms with Gasteiger partial charge in [0.15, 0.2) is 0 Å². The number of amides is 1. The Morgan fingerprint density at radius 1 is 1.45 bits per heavy atom. The maximum absolute atomic E-state index is 12.8. The Hall–Kier alpha value is -1.76. The normalized spacial score (nSPS) is 18.7. The molecule has 1 saturated heterocycles. The van der Waals surface area contributed by atoms with Crippen molar-refractivity contribution in [3.8, 4) is 0 Å². The monoisotopic (exact) mass is 335 g/mol. The van der Waals surface area contributed by atoms with Crippen LogP contribution < -0.4 is 4.90 Å². The average molecular weight is 336 g/mol. The van der Waals surface area contributed by atoms with Gasteiger partial charge >= 0.3 is 12.1 Å². The lowest BCUT2D eigenvalue weighted by Gasteiger charge is -2.19. The third-order valence-electron chi connectivity index (χ3n) is 3.31. The van der Waals surface area contributed by atoms with Crippen LogP contribution in [0.1, 0.15) is 18.9 Å². The minimum absolute atomic E-state index is 0.0193. The van der Waals surface area contributed by atoms with Gasteiger partial charge in [-0.3, -0.25) is 9.59 Å². The summed E-state index contributed by atoms with van der Waals surface area (Å²) in [6, 6.07) is 2.74. The third kappa shape index (κ3) is 3.35. The summed E-state index contributed by atoms with van der Waals surface area (Å²) < 4.78 is 43.1. The lowest BCUT2D eigenvalue weighted by Crippen LogP contribution is -2.27. The maximum atomic E-state index is 12.8. The zero-order valence-electron chi connectivity index (χ0n) is 11.6. The molecule has 120 valence electrons. The van der Waals surface area contributed by atoms with Crippen LogP contribution in [0.15, 0.2) is 18.2 Å². The molecule has 0 aromatic heterocycles. The molecule has 2 rings (SSSR count). The number of carbonyl (C=O) groups is 2. The Labute approximate surface area is 129 Å². The van der Waals surface area contributed by atoms with Gasteiger partial charge in [0, 0.05) is 13.0 Å². The molecule has 0 bridgehead atoms. The van der Waals surface area contributed by atoms with Crippen molar-refractivity contribution in [3.63, 3.8) is 0 Å². The molecule has 1 aromatic rings. The Bertz CT molecular complexity index is 603. The number of nitrogens with zero attached hydrogens (tertiary/aromatic N) is 1. The molecule has 1 unspecified atom stereocenters. The molecule has 0 saturated carbocycles. The van der Waals surface area contributed by atoms with Crippen LogP contribution in [-0.2, 0) is 20.5 Å². The molecule has 22 heavy (non-hydrogen) atoms. The second-order valence-corrected chi connectivity index (χ2v) is 5.23. The number of esters is 1. The fraction of sp³-hybridized carbons (Fsp3) is 0.429. The summed E-state index contributed by atoms with van der Waals surface area (Å²) in [5.41, 5.74) is -0.951. The van der Waals surface area contributed by atoms with Gasteiger partial charge in [-0.25, -0.2) is 0 Å². The summed E-state index contributed by atoms with van der Waals surface area (Å²) >= 11 is 5.90. The van der Waals surface area contributed by atoms with Crippen LogP contribution >= 0.6 is 11.6 Å². The Morgan fingerprint density at radius 2 is 2.14 bits per heavy atom. The zero-order chi connectivity index (χ0) is 16.5. The van der Waals surface area contributed by atoms with E-state index < -0.39 is 29.5 Å². The van der Waals surface area contributed by atoms with Crippen LogP contribution in [0.5, 0.6) is 0 Å². The van der Waals surface area contributed by atoms with Gasteiger partial charge in [0.05, 0.1) is 28.8 Å². The predicted octanol–water partition coefficient (Wildman–Crippen LogP) is 3.27. The number of anilines is 1. The summed E-state index contributed by atoms with van der Waals surface area (Å²) in [6.07, 6.45) is -4.64. The first-order chi connectivity index (χ1) is 10.2. The zero-order valence-corrected chi connectivity index (χ0v) is 12.4. The minimum atomic E-state index is -4.54. The van der Waals surface area contributed by atoms with E-state index in [2.05, 4.69) is 0 Å². The molecular formula is C14H13ClF3NO3. The van der Waals surface area contributed by atoms with E-state index >= 15 is 0 Å². The highest BCUT2D eigenvalue weighted by atomic mass is 35.5. The highest BCUT2D eigenvalue weighted by Gasteiger charge is 2.38. The van der Waals surface area contributed by atoms with Crippen LogP contribution in [0.2, 0.25) is 5.02 Å². The van der Waals surface area contributed by atoms with E-state index in [1.165, 1.54) is 0 Å². The predicted molar refractivity (Wildman–Crippen MR) is 73.5 cm³/mol. The second kappa shape index (κ2) is 6.16. The molecule has 0 radical (unpaired) electrons. The van der Waals surface area contributed by atoms with Crippen molar-refractivity contribution in [1.29, 1.82) is 0 Å². The van der Waals surface area contributed by atoms with Crippen molar-refractivity contribution >= 4 is 29.2 Å². The van der Waals surface area contributed by atoms with Crippen LogP contribution in [0.4, 0.5) is 18.9 Å². The largest absolute Gasteiger partial charge is 0.466 e. The maximum Gasteiger partial charge on any atom is 0.416 e.